The second-order valence-electron chi connectivity index (χ2n) is 7.50. The molecular formula is C21H31F3. The molecule has 3 heteroatoms. The lowest BCUT2D eigenvalue weighted by Crippen LogP contribution is -2.15. The van der Waals surface area contributed by atoms with Crippen molar-refractivity contribution < 1.29 is 13.2 Å². The maximum atomic E-state index is 13.2. The topological polar surface area (TPSA) is 0 Å². The number of aryl methyl sites for hydroxylation is 1. The summed E-state index contributed by atoms with van der Waals surface area (Å²) < 4.78 is 39.4. The molecule has 0 bridgehead atoms. The molecule has 1 fully saturated rings. The van der Waals surface area contributed by atoms with Crippen LogP contribution in [0.3, 0.4) is 0 Å². The number of halogens is 3. The Bertz CT molecular complexity index is 467. The molecule has 0 heterocycles. The van der Waals surface area contributed by atoms with Gasteiger partial charge in [-0.3, -0.25) is 0 Å². The van der Waals surface area contributed by atoms with Gasteiger partial charge in [0.2, 0.25) is 0 Å². The largest absolute Gasteiger partial charge is 0.204 e. The molecule has 1 aliphatic carbocycles. The predicted octanol–water partition coefficient (Wildman–Crippen LogP) is 7.20. The van der Waals surface area contributed by atoms with Crippen LogP contribution in [-0.4, -0.2) is 0 Å². The van der Waals surface area contributed by atoms with E-state index in [0.29, 0.717) is 17.9 Å². The Morgan fingerprint density at radius 3 is 1.92 bits per heavy atom. The average Bonchev–Trinajstić information content (AvgIpc) is 2.58. The quantitative estimate of drug-likeness (QED) is 0.329. The van der Waals surface area contributed by atoms with Crippen LogP contribution in [0, 0.1) is 29.3 Å². The summed E-state index contributed by atoms with van der Waals surface area (Å²) in [5.41, 5.74) is 0.574. The van der Waals surface area contributed by atoms with Crippen molar-refractivity contribution >= 4 is 0 Å². The first-order chi connectivity index (χ1) is 11.6. The third-order valence-electron chi connectivity index (χ3n) is 5.57. The van der Waals surface area contributed by atoms with Gasteiger partial charge in [-0.2, -0.15) is 0 Å². The Morgan fingerprint density at radius 1 is 0.792 bits per heavy atom. The van der Waals surface area contributed by atoms with Crippen LogP contribution in [0.2, 0.25) is 0 Å². The molecule has 0 radical (unpaired) electrons. The van der Waals surface area contributed by atoms with Gasteiger partial charge in [-0.05, 0) is 42.4 Å². The van der Waals surface area contributed by atoms with Crippen LogP contribution in [0.15, 0.2) is 12.1 Å². The van der Waals surface area contributed by atoms with Gasteiger partial charge in [0.25, 0.3) is 0 Å². The number of benzene rings is 1. The van der Waals surface area contributed by atoms with E-state index in [4.69, 9.17) is 0 Å². The molecule has 0 aliphatic heterocycles. The van der Waals surface area contributed by atoms with E-state index in [1.54, 1.807) is 0 Å². The lowest BCUT2D eigenvalue weighted by Gasteiger charge is -2.28. The maximum Gasteiger partial charge on any atom is 0.194 e. The van der Waals surface area contributed by atoms with Gasteiger partial charge in [0, 0.05) is 0 Å². The third kappa shape index (κ3) is 6.14. The van der Waals surface area contributed by atoms with E-state index >= 15 is 0 Å². The molecule has 24 heavy (non-hydrogen) atoms. The molecule has 0 atom stereocenters. The summed E-state index contributed by atoms with van der Waals surface area (Å²) in [6.07, 6.45) is 14.8. The number of unbranched alkanes of at least 4 members (excludes halogenated alkanes) is 4. The van der Waals surface area contributed by atoms with Gasteiger partial charge < -0.3 is 0 Å². The van der Waals surface area contributed by atoms with E-state index < -0.39 is 17.5 Å². The van der Waals surface area contributed by atoms with E-state index in [1.807, 2.05) is 0 Å². The van der Waals surface area contributed by atoms with Crippen LogP contribution in [0.5, 0.6) is 0 Å². The molecule has 0 saturated heterocycles. The summed E-state index contributed by atoms with van der Waals surface area (Å²) in [4.78, 5) is 0. The Morgan fingerprint density at radius 2 is 1.33 bits per heavy atom. The highest BCUT2D eigenvalue weighted by Gasteiger charge is 2.21. The van der Waals surface area contributed by atoms with E-state index in [-0.39, 0.29) is 0 Å². The van der Waals surface area contributed by atoms with E-state index in [0.717, 1.165) is 24.5 Å². The summed E-state index contributed by atoms with van der Waals surface area (Å²) in [5, 5.41) is 0. The lowest BCUT2D eigenvalue weighted by molar-refractivity contribution is 0.248. The molecule has 1 aliphatic rings. The Kier molecular flexibility index (Phi) is 8.14. The summed E-state index contributed by atoms with van der Waals surface area (Å²) in [6.45, 7) is 2.25. The van der Waals surface area contributed by atoms with Gasteiger partial charge >= 0.3 is 0 Å². The van der Waals surface area contributed by atoms with Crippen molar-refractivity contribution in [3.8, 4) is 0 Å². The molecular weight excluding hydrogens is 309 g/mol. The highest BCUT2D eigenvalue weighted by atomic mass is 19.2. The van der Waals surface area contributed by atoms with Gasteiger partial charge in [-0.15, -0.1) is 0 Å². The minimum Gasteiger partial charge on any atom is -0.204 e. The molecule has 1 aromatic carbocycles. The second kappa shape index (κ2) is 10.1. The first-order valence-corrected chi connectivity index (χ1v) is 9.73. The number of rotatable bonds is 9. The fraction of sp³-hybridized carbons (Fsp3) is 0.714. The Labute approximate surface area is 144 Å². The van der Waals surface area contributed by atoms with Crippen molar-refractivity contribution in [1.82, 2.24) is 0 Å². The standard InChI is InChI=1S/C21H31F3/c1-2-3-4-5-6-7-16-8-10-17(11-9-16)12-13-18-14-19(22)21(24)20(23)15-18/h14-17H,2-13H2,1H3. The summed E-state index contributed by atoms with van der Waals surface area (Å²) in [7, 11) is 0. The van der Waals surface area contributed by atoms with Crippen molar-refractivity contribution in [3.05, 3.63) is 35.1 Å². The van der Waals surface area contributed by atoms with Crippen molar-refractivity contribution in [2.45, 2.75) is 84.0 Å². The van der Waals surface area contributed by atoms with Crippen molar-refractivity contribution in [2.75, 3.05) is 0 Å². The zero-order valence-electron chi connectivity index (χ0n) is 14.9. The van der Waals surface area contributed by atoms with Gasteiger partial charge in [0.1, 0.15) is 0 Å². The maximum absolute atomic E-state index is 13.2. The van der Waals surface area contributed by atoms with Gasteiger partial charge in [0.15, 0.2) is 17.5 Å². The second-order valence-corrected chi connectivity index (χ2v) is 7.50. The fourth-order valence-electron chi connectivity index (χ4n) is 3.97. The lowest BCUT2D eigenvalue weighted by atomic mass is 9.77. The molecule has 0 nitrogen and oxygen atoms in total. The molecule has 0 amide bonds. The van der Waals surface area contributed by atoms with Crippen LogP contribution < -0.4 is 0 Å². The van der Waals surface area contributed by atoms with E-state index in [2.05, 4.69) is 6.92 Å². The summed E-state index contributed by atoms with van der Waals surface area (Å²) in [6, 6.07) is 2.28. The SMILES string of the molecule is CCCCCCCC1CCC(CCc2cc(F)c(F)c(F)c2)CC1. The first-order valence-electron chi connectivity index (χ1n) is 9.73. The molecule has 0 unspecified atom stereocenters. The summed E-state index contributed by atoms with van der Waals surface area (Å²) >= 11 is 0. The minimum absolute atomic E-state index is 0.574. The summed E-state index contributed by atoms with van der Waals surface area (Å²) in [5.74, 6) is -1.98. The molecule has 0 spiro atoms. The first kappa shape index (κ1) is 19.3. The monoisotopic (exact) mass is 340 g/mol. The minimum atomic E-state index is -1.36. The fourth-order valence-corrected chi connectivity index (χ4v) is 3.97. The molecule has 2 rings (SSSR count). The Hall–Kier alpha value is -0.990. The zero-order valence-corrected chi connectivity index (χ0v) is 14.9. The van der Waals surface area contributed by atoms with Crippen LogP contribution in [-0.2, 0) is 6.42 Å². The molecule has 1 saturated carbocycles. The van der Waals surface area contributed by atoms with Crippen molar-refractivity contribution in [2.24, 2.45) is 11.8 Å². The molecule has 1 aromatic rings. The van der Waals surface area contributed by atoms with Crippen LogP contribution >= 0.6 is 0 Å². The molecule has 0 aromatic heterocycles. The molecule has 136 valence electrons. The van der Waals surface area contributed by atoms with E-state index in [9.17, 15) is 13.2 Å². The van der Waals surface area contributed by atoms with E-state index in [1.165, 1.54) is 64.2 Å². The predicted molar refractivity (Wildman–Crippen MR) is 93.5 cm³/mol. The van der Waals surface area contributed by atoms with Gasteiger partial charge in [-0.25, -0.2) is 13.2 Å². The van der Waals surface area contributed by atoms with Crippen LogP contribution in [0.25, 0.3) is 0 Å². The normalized spacial score (nSPS) is 21.2. The van der Waals surface area contributed by atoms with Crippen molar-refractivity contribution in [1.29, 1.82) is 0 Å². The zero-order chi connectivity index (χ0) is 17.4. The van der Waals surface area contributed by atoms with Gasteiger partial charge in [0.05, 0.1) is 0 Å². The smallest absolute Gasteiger partial charge is 0.194 e. The average molecular weight is 340 g/mol. The van der Waals surface area contributed by atoms with Crippen LogP contribution in [0.1, 0.15) is 83.1 Å². The highest BCUT2D eigenvalue weighted by Crippen LogP contribution is 2.34. The third-order valence-corrected chi connectivity index (χ3v) is 5.57. The van der Waals surface area contributed by atoms with Crippen molar-refractivity contribution in [3.63, 3.8) is 0 Å². The number of hydrogen-bond donors (Lipinski definition) is 0. The highest BCUT2D eigenvalue weighted by molar-refractivity contribution is 5.19. The molecule has 0 N–H and O–H groups in total. The van der Waals surface area contributed by atoms with Gasteiger partial charge in [-0.1, -0.05) is 71.1 Å². The Balaban J connectivity index is 1.64. The number of hydrogen-bond acceptors (Lipinski definition) is 0. The van der Waals surface area contributed by atoms with Crippen LogP contribution in [0.4, 0.5) is 13.2 Å².